The van der Waals surface area contributed by atoms with E-state index < -0.39 is 0 Å². The van der Waals surface area contributed by atoms with Gasteiger partial charge in [0.1, 0.15) is 0 Å². The van der Waals surface area contributed by atoms with E-state index >= 15 is 0 Å². The predicted molar refractivity (Wildman–Crippen MR) is 82.3 cm³/mol. The lowest BCUT2D eigenvalue weighted by molar-refractivity contribution is 0.495. The molecular weight excluding hydrogens is 230 g/mol. The van der Waals surface area contributed by atoms with Crippen LogP contribution in [0.4, 0.5) is 0 Å². The van der Waals surface area contributed by atoms with Crippen molar-refractivity contribution >= 4 is 0 Å². The van der Waals surface area contributed by atoms with E-state index in [4.69, 9.17) is 0 Å². The molecule has 0 aliphatic heterocycles. The summed E-state index contributed by atoms with van der Waals surface area (Å²) in [5.74, 6) is 0.541. The van der Waals surface area contributed by atoms with Gasteiger partial charge in [0.15, 0.2) is 0 Å². The summed E-state index contributed by atoms with van der Waals surface area (Å²) in [6.07, 6.45) is 1.12. The minimum atomic E-state index is 0.451. The molecule has 0 aromatic heterocycles. The van der Waals surface area contributed by atoms with Gasteiger partial charge in [-0.15, -0.1) is 0 Å². The van der Waals surface area contributed by atoms with Crippen molar-refractivity contribution in [3.05, 3.63) is 71.8 Å². The van der Waals surface area contributed by atoms with E-state index in [9.17, 15) is 0 Å². The van der Waals surface area contributed by atoms with Gasteiger partial charge in [-0.2, -0.15) is 0 Å². The van der Waals surface area contributed by atoms with Crippen LogP contribution >= 0.6 is 0 Å². The van der Waals surface area contributed by atoms with E-state index in [0.29, 0.717) is 12.0 Å². The Hall–Kier alpha value is -1.60. The summed E-state index contributed by atoms with van der Waals surface area (Å²) >= 11 is 0. The van der Waals surface area contributed by atoms with Crippen LogP contribution in [0.3, 0.4) is 0 Å². The fourth-order valence-corrected chi connectivity index (χ4v) is 2.40. The van der Waals surface area contributed by atoms with Crippen LogP contribution in [0.1, 0.15) is 43.4 Å². The van der Waals surface area contributed by atoms with Gasteiger partial charge in [-0.1, -0.05) is 74.5 Å². The molecule has 2 atom stereocenters. The fraction of sp³-hybridized carbons (Fsp3) is 0.333. The Labute approximate surface area is 116 Å². The highest BCUT2D eigenvalue weighted by Crippen LogP contribution is 2.19. The van der Waals surface area contributed by atoms with Crippen LogP contribution in [-0.2, 0) is 0 Å². The van der Waals surface area contributed by atoms with Crippen molar-refractivity contribution in [2.75, 3.05) is 6.54 Å². The zero-order valence-corrected chi connectivity index (χ0v) is 11.8. The SMILES string of the molecule is CCC(NCC(C)c1ccccc1)c1ccccc1. The highest BCUT2D eigenvalue weighted by atomic mass is 14.9. The summed E-state index contributed by atoms with van der Waals surface area (Å²) < 4.78 is 0. The minimum Gasteiger partial charge on any atom is -0.309 e. The largest absolute Gasteiger partial charge is 0.309 e. The van der Waals surface area contributed by atoms with Gasteiger partial charge in [0.05, 0.1) is 0 Å². The fourth-order valence-electron chi connectivity index (χ4n) is 2.40. The van der Waals surface area contributed by atoms with Crippen molar-refractivity contribution in [3.8, 4) is 0 Å². The van der Waals surface area contributed by atoms with Crippen molar-refractivity contribution in [3.63, 3.8) is 0 Å². The van der Waals surface area contributed by atoms with Crippen LogP contribution in [0.2, 0.25) is 0 Å². The van der Waals surface area contributed by atoms with Gasteiger partial charge in [0.25, 0.3) is 0 Å². The average Bonchev–Trinajstić information content (AvgIpc) is 2.49. The normalized spacial score (nSPS) is 14.0. The first kappa shape index (κ1) is 13.8. The Kier molecular flexibility index (Phi) is 5.17. The van der Waals surface area contributed by atoms with E-state index in [1.165, 1.54) is 11.1 Å². The number of benzene rings is 2. The van der Waals surface area contributed by atoms with Crippen LogP contribution in [-0.4, -0.2) is 6.54 Å². The van der Waals surface area contributed by atoms with Crippen molar-refractivity contribution in [1.29, 1.82) is 0 Å². The molecule has 2 aromatic rings. The van der Waals surface area contributed by atoms with E-state index in [-0.39, 0.29) is 0 Å². The molecule has 1 N–H and O–H groups in total. The summed E-state index contributed by atoms with van der Waals surface area (Å²) in [5, 5.41) is 3.68. The third kappa shape index (κ3) is 3.93. The third-order valence-electron chi connectivity index (χ3n) is 3.65. The van der Waals surface area contributed by atoms with Crippen LogP contribution in [0.5, 0.6) is 0 Å². The predicted octanol–water partition coefficient (Wildman–Crippen LogP) is 4.53. The zero-order valence-electron chi connectivity index (χ0n) is 11.8. The molecule has 0 spiro atoms. The Morgan fingerprint density at radius 3 is 1.89 bits per heavy atom. The topological polar surface area (TPSA) is 12.0 Å². The molecule has 2 unspecified atom stereocenters. The maximum atomic E-state index is 3.68. The number of rotatable bonds is 6. The molecule has 0 aliphatic rings. The van der Waals surface area contributed by atoms with Gasteiger partial charge in [-0.25, -0.2) is 0 Å². The molecule has 0 heterocycles. The molecule has 19 heavy (non-hydrogen) atoms. The van der Waals surface area contributed by atoms with Gasteiger partial charge >= 0.3 is 0 Å². The molecule has 1 nitrogen and oxygen atoms in total. The summed E-state index contributed by atoms with van der Waals surface area (Å²) in [6.45, 7) is 5.52. The second-order valence-corrected chi connectivity index (χ2v) is 5.09. The molecule has 0 saturated carbocycles. The van der Waals surface area contributed by atoms with Crippen molar-refractivity contribution in [1.82, 2.24) is 5.32 Å². The Morgan fingerprint density at radius 2 is 1.37 bits per heavy atom. The van der Waals surface area contributed by atoms with Crippen molar-refractivity contribution < 1.29 is 0 Å². The summed E-state index contributed by atoms with van der Waals surface area (Å²) in [4.78, 5) is 0. The standard InChI is InChI=1S/C18H23N/c1-3-18(17-12-8-5-9-13-17)19-14-15(2)16-10-6-4-7-11-16/h4-13,15,18-19H,3,14H2,1-2H3. The van der Waals surface area contributed by atoms with E-state index in [1.807, 2.05) is 0 Å². The van der Waals surface area contributed by atoms with Crippen LogP contribution in [0, 0.1) is 0 Å². The monoisotopic (exact) mass is 253 g/mol. The maximum Gasteiger partial charge on any atom is 0.0317 e. The smallest absolute Gasteiger partial charge is 0.0317 e. The minimum absolute atomic E-state index is 0.451. The van der Waals surface area contributed by atoms with E-state index in [0.717, 1.165) is 13.0 Å². The first-order valence-electron chi connectivity index (χ1n) is 7.14. The lowest BCUT2D eigenvalue weighted by Crippen LogP contribution is -2.25. The summed E-state index contributed by atoms with van der Waals surface area (Å²) in [7, 11) is 0. The van der Waals surface area contributed by atoms with Crippen molar-refractivity contribution in [2.45, 2.75) is 32.2 Å². The first-order chi connectivity index (χ1) is 9.31. The van der Waals surface area contributed by atoms with Crippen LogP contribution in [0.25, 0.3) is 0 Å². The van der Waals surface area contributed by atoms with Crippen LogP contribution in [0.15, 0.2) is 60.7 Å². The van der Waals surface area contributed by atoms with Gasteiger partial charge in [0, 0.05) is 12.6 Å². The summed E-state index contributed by atoms with van der Waals surface area (Å²) in [5.41, 5.74) is 2.78. The van der Waals surface area contributed by atoms with E-state index in [1.54, 1.807) is 0 Å². The first-order valence-corrected chi connectivity index (χ1v) is 7.14. The Balaban J connectivity index is 1.94. The lowest BCUT2D eigenvalue weighted by Gasteiger charge is -2.20. The molecule has 0 fully saturated rings. The molecule has 0 saturated heterocycles. The third-order valence-corrected chi connectivity index (χ3v) is 3.65. The Bertz CT molecular complexity index is 464. The molecule has 0 aliphatic carbocycles. The van der Waals surface area contributed by atoms with Crippen molar-refractivity contribution in [2.24, 2.45) is 0 Å². The molecule has 0 amide bonds. The quantitative estimate of drug-likeness (QED) is 0.797. The highest BCUT2D eigenvalue weighted by Gasteiger charge is 2.10. The molecule has 2 aromatic carbocycles. The second kappa shape index (κ2) is 7.10. The summed E-state index contributed by atoms with van der Waals surface area (Å²) in [6, 6.07) is 21.9. The molecule has 1 heteroatoms. The zero-order chi connectivity index (χ0) is 13.5. The van der Waals surface area contributed by atoms with Gasteiger partial charge < -0.3 is 5.32 Å². The average molecular weight is 253 g/mol. The van der Waals surface area contributed by atoms with Gasteiger partial charge in [-0.05, 0) is 23.5 Å². The maximum absolute atomic E-state index is 3.68. The second-order valence-electron chi connectivity index (χ2n) is 5.09. The van der Waals surface area contributed by atoms with Crippen LogP contribution < -0.4 is 5.32 Å². The number of hydrogen-bond acceptors (Lipinski definition) is 1. The van der Waals surface area contributed by atoms with Gasteiger partial charge in [-0.3, -0.25) is 0 Å². The molecule has 2 rings (SSSR count). The highest BCUT2D eigenvalue weighted by molar-refractivity contribution is 5.21. The molecule has 0 radical (unpaired) electrons. The molecule has 100 valence electrons. The lowest BCUT2D eigenvalue weighted by atomic mass is 9.99. The number of nitrogens with one attached hydrogen (secondary N) is 1. The Morgan fingerprint density at radius 1 is 0.842 bits per heavy atom. The molecular formula is C18H23N. The number of hydrogen-bond donors (Lipinski definition) is 1. The van der Waals surface area contributed by atoms with E-state index in [2.05, 4.69) is 79.8 Å². The van der Waals surface area contributed by atoms with Gasteiger partial charge in [0.2, 0.25) is 0 Å². The molecule has 0 bridgehead atoms.